The Hall–Kier alpha value is -3.00. The summed E-state index contributed by atoms with van der Waals surface area (Å²) < 4.78 is 26.6. The van der Waals surface area contributed by atoms with Crippen molar-refractivity contribution in [2.45, 2.75) is 12.8 Å². The Kier molecular flexibility index (Phi) is 6.77. The van der Waals surface area contributed by atoms with Gasteiger partial charge in [-0.3, -0.25) is 19.3 Å². The van der Waals surface area contributed by atoms with Crippen molar-refractivity contribution in [1.29, 1.82) is 0 Å². The van der Waals surface area contributed by atoms with E-state index in [0.717, 1.165) is 22.2 Å². The Bertz CT molecular complexity index is 961. The fourth-order valence-electron chi connectivity index (χ4n) is 2.73. The second-order valence-corrected chi connectivity index (χ2v) is 7.32. The molecule has 8 heteroatoms. The summed E-state index contributed by atoms with van der Waals surface area (Å²) in [6, 6.07) is 11.9. The number of carbonyl (C=O) groups excluding carboxylic acids is 3. The molecular formula is C21H18F2N2O3S. The number of thioether (sulfide) groups is 1. The lowest BCUT2D eigenvalue weighted by Crippen LogP contribution is -2.37. The van der Waals surface area contributed by atoms with Gasteiger partial charge in [0.15, 0.2) is 0 Å². The SMILES string of the molecule is O=C(CCc1ccc(F)cc1)NCCN1C(=O)S/C(=C\c2ccccc2F)C1=O. The zero-order chi connectivity index (χ0) is 20.8. The number of benzene rings is 2. The Morgan fingerprint density at radius 3 is 2.52 bits per heavy atom. The van der Waals surface area contributed by atoms with Crippen LogP contribution in [0.1, 0.15) is 17.5 Å². The largest absolute Gasteiger partial charge is 0.354 e. The summed E-state index contributed by atoms with van der Waals surface area (Å²) in [5.74, 6) is -1.56. The van der Waals surface area contributed by atoms with Gasteiger partial charge in [0.1, 0.15) is 11.6 Å². The van der Waals surface area contributed by atoms with E-state index in [4.69, 9.17) is 0 Å². The van der Waals surface area contributed by atoms with Crippen LogP contribution in [0.2, 0.25) is 0 Å². The van der Waals surface area contributed by atoms with Crippen LogP contribution in [0, 0.1) is 11.6 Å². The molecule has 29 heavy (non-hydrogen) atoms. The highest BCUT2D eigenvalue weighted by atomic mass is 32.2. The minimum atomic E-state index is -0.510. The molecule has 5 nitrogen and oxygen atoms in total. The van der Waals surface area contributed by atoms with Crippen LogP contribution in [-0.2, 0) is 16.0 Å². The molecule has 1 heterocycles. The average molecular weight is 416 g/mol. The summed E-state index contributed by atoms with van der Waals surface area (Å²) in [6.07, 6.45) is 2.02. The maximum atomic E-state index is 13.7. The lowest BCUT2D eigenvalue weighted by Gasteiger charge is -2.13. The third-order valence-electron chi connectivity index (χ3n) is 4.28. The Balaban J connectivity index is 1.48. The van der Waals surface area contributed by atoms with Gasteiger partial charge in [0, 0.05) is 25.1 Å². The average Bonchev–Trinajstić information content (AvgIpc) is 2.96. The molecular weight excluding hydrogens is 398 g/mol. The van der Waals surface area contributed by atoms with Gasteiger partial charge in [0.25, 0.3) is 11.1 Å². The first-order valence-corrected chi connectivity index (χ1v) is 9.77. The fraction of sp³-hybridized carbons (Fsp3) is 0.190. The molecule has 0 aromatic heterocycles. The molecule has 3 rings (SSSR count). The van der Waals surface area contributed by atoms with Crippen molar-refractivity contribution in [3.63, 3.8) is 0 Å². The molecule has 1 aliphatic heterocycles. The quantitative estimate of drug-likeness (QED) is 0.698. The summed E-state index contributed by atoms with van der Waals surface area (Å²) >= 11 is 0.741. The summed E-state index contributed by atoms with van der Waals surface area (Å²) in [7, 11) is 0. The molecule has 1 fully saturated rings. The molecule has 0 spiro atoms. The number of hydrogen-bond donors (Lipinski definition) is 1. The van der Waals surface area contributed by atoms with Crippen LogP contribution < -0.4 is 5.32 Å². The zero-order valence-electron chi connectivity index (χ0n) is 15.4. The van der Waals surface area contributed by atoms with E-state index in [2.05, 4.69) is 5.32 Å². The van der Waals surface area contributed by atoms with Gasteiger partial charge in [-0.1, -0.05) is 30.3 Å². The highest BCUT2D eigenvalue weighted by Crippen LogP contribution is 2.32. The number of aryl methyl sites for hydroxylation is 1. The van der Waals surface area contributed by atoms with Gasteiger partial charge in [0.05, 0.1) is 4.91 Å². The van der Waals surface area contributed by atoms with Crippen LogP contribution in [0.3, 0.4) is 0 Å². The Morgan fingerprint density at radius 1 is 1.07 bits per heavy atom. The minimum absolute atomic E-state index is 0.0293. The first-order valence-electron chi connectivity index (χ1n) is 8.95. The topological polar surface area (TPSA) is 66.5 Å². The molecule has 2 aromatic carbocycles. The predicted molar refractivity (Wildman–Crippen MR) is 107 cm³/mol. The molecule has 0 saturated carbocycles. The van der Waals surface area contributed by atoms with Crippen LogP contribution >= 0.6 is 11.8 Å². The number of amides is 3. The maximum absolute atomic E-state index is 13.7. The van der Waals surface area contributed by atoms with Gasteiger partial charge in [0.2, 0.25) is 5.91 Å². The molecule has 0 unspecified atom stereocenters. The standard InChI is InChI=1S/C21H18F2N2O3S/c22-16-8-5-14(6-9-16)7-10-19(26)24-11-12-25-20(27)18(29-21(25)28)13-15-3-1-2-4-17(15)23/h1-6,8-9,13H,7,10-12H2,(H,24,26)/b18-13-. The van der Waals surface area contributed by atoms with Crippen molar-refractivity contribution >= 4 is 34.9 Å². The monoisotopic (exact) mass is 416 g/mol. The van der Waals surface area contributed by atoms with E-state index in [1.54, 1.807) is 18.2 Å². The van der Waals surface area contributed by atoms with E-state index in [9.17, 15) is 23.2 Å². The molecule has 1 saturated heterocycles. The smallest absolute Gasteiger partial charge is 0.293 e. The normalized spacial score (nSPS) is 15.2. The number of halogens is 2. The van der Waals surface area contributed by atoms with E-state index in [1.807, 2.05) is 0 Å². The van der Waals surface area contributed by atoms with E-state index in [0.29, 0.717) is 6.42 Å². The molecule has 0 aliphatic carbocycles. The third-order valence-corrected chi connectivity index (χ3v) is 5.18. The summed E-state index contributed by atoms with van der Waals surface area (Å²) in [5, 5.41) is 2.20. The molecule has 150 valence electrons. The van der Waals surface area contributed by atoms with Crippen molar-refractivity contribution in [2.24, 2.45) is 0 Å². The number of imide groups is 1. The van der Waals surface area contributed by atoms with Crippen LogP contribution in [0.4, 0.5) is 13.6 Å². The lowest BCUT2D eigenvalue weighted by atomic mass is 10.1. The van der Waals surface area contributed by atoms with Gasteiger partial charge in [-0.2, -0.15) is 0 Å². The molecule has 0 radical (unpaired) electrons. The number of nitrogens with zero attached hydrogens (tertiary/aromatic N) is 1. The summed E-state index contributed by atoms with van der Waals surface area (Å²) in [5.41, 5.74) is 1.07. The van der Waals surface area contributed by atoms with Gasteiger partial charge >= 0.3 is 0 Å². The minimum Gasteiger partial charge on any atom is -0.354 e. The molecule has 1 N–H and O–H groups in total. The van der Waals surface area contributed by atoms with Crippen LogP contribution in [-0.4, -0.2) is 35.0 Å². The van der Waals surface area contributed by atoms with Crippen molar-refractivity contribution in [2.75, 3.05) is 13.1 Å². The number of hydrogen-bond acceptors (Lipinski definition) is 4. The van der Waals surface area contributed by atoms with Gasteiger partial charge in [-0.15, -0.1) is 0 Å². The molecule has 3 amide bonds. The lowest BCUT2D eigenvalue weighted by molar-refractivity contribution is -0.124. The first kappa shape index (κ1) is 20.7. The first-order chi connectivity index (χ1) is 13.9. The second-order valence-electron chi connectivity index (χ2n) is 6.33. The molecule has 2 aromatic rings. The van der Waals surface area contributed by atoms with Crippen LogP contribution in [0.15, 0.2) is 53.4 Å². The van der Waals surface area contributed by atoms with Crippen molar-refractivity contribution in [3.8, 4) is 0 Å². The Morgan fingerprint density at radius 2 is 1.79 bits per heavy atom. The van der Waals surface area contributed by atoms with E-state index < -0.39 is 17.0 Å². The van der Waals surface area contributed by atoms with E-state index in [-0.39, 0.29) is 41.7 Å². The number of rotatable bonds is 7. The third kappa shape index (κ3) is 5.51. The highest BCUT2D eigenvalue weighted by Gasteiger charge is 2.34. The van der Waals surface area contributed by atoms with Crippen molar-refractivity contribution in [1.82, 2.24) is 10.2 Å². The van der Waals surface area contributed by atoms with E-state index >= 15 is 0 Å². The van der Waals surface area contributed by atoms with Crippen molar-refractivity contribution in [3.05, 3.63) is 76.2 Å². The number of nitrogens with one attached hydrogen (secondary N) is 1. The second kappa shape index (κ2) is 9.47. The van der Waals surface area contributed by atoms with Crippen LogP contribution in [0.25, 0.3) is 6.08 Å². The molecule has 0 atom stereocenters. The predicted octanol–water partition coefficient (Wildman–Crippen LogP) is 3.75. The number of carbonyl (C=O) groups is 3. The highest BCUT2D eigenvalue weighted by molar-refractivity contribution is 8.18. The van der Waals surface area contributed by atoms with Gasteiger partial charge in [-0.05, 0) is 48.0 Å². The fourth-order valence-corrected chi connectivity index (χ4v) is 3.59. The summed E-state index contributed by atoms with van der Waals surface area (Å²) in [6.45, 7) is 0.148. The van der Waals surface area contributed by atoms with Crippen LogP contribution in [0.5, 0.6) is 0 Å². The summed E-state index contributed by atoms with van der Waals surface area (Å²) in [4.78, 5) is 37.6. The molecule has 0 bridgehead atoms. The van der Waals surface area contributed by atoms with E-state index in [1.165, 1.54) is 36.4 Å². The zero-order valence-corrected chi connectivity index (χ0v) is 16.2. The van der Waals surface area contributed by atoms with Crippen molar-refractivity contribution < 1.29 is 23.2 Å². The maximum Gasteiger partial charge on any atom is 0.293 e. The van der Waals surface area contributed by atoms with Gasteiger partial charge in [-0.25, -0.2) is 8.78 Å². The molecule has 1 aliphatic rings. The van der Waals surface area contributed by atoms with Gasteiger partial charge < -0.3 is 5.32 Å². The Labute approximate surface area is 170 Å².